The zero-order valence-corrected chi connectivity index (χ0v) is 11.9. The van der Waals surface area contributed by atoms with Gasteiger partial charge in [-0.05, 0) is 36.0 Å². The van der Waals surface area contributed by atoms with E-state index in [-0.39, 0.29) is 0 Å². The molecule has 1 atom stereocenters. The molecule has 0 aliphatic rings. The maximum absolute atomic E-state index is 6.02. The predicted molar refractivity (Wildman–Crippen MR) is 82.7 cm³/mol. The zero-order valence-electron chi connectivity index (χ0n) is 11.0. The first-order valence-corrected chi connectivity index (χ1v) is 7.44. The third-order valence-electron chi connectivity index (χ3n) is 3.68. The summed E-state index contributed by atoms with van der Waals surface area (Å²) in [6.07, 6.45) is 3.26. The van der Waals surface area contributed by atoms with Crippen LogP contribution in [0, 0.1) is 0 Å². The van der Waals surface area contributed by atoms with E-state index in [2.05, 4.69) is 59.6 Å². The number of benzene rings is 1. The van der Waals surface area contributed by atoms with Crippen molar-refractivity contribution in [3.8, 4) is 0 Å². The number of para-hydroxylation sites is 1. The molecule has 2 nitrogen and oxygen atoms in total. The van der Waals surface area contributed by atoms with Crippen LogP contribution in [0.3, 0.4) is 0 Å². The topological polar surface area (TPSA) is 30.9 Å². The second kappa shape index (κ2) is 5.19. The summed E-state index contributed by atoms with van der Waals surface area (Å²) >= 11 is 1.81. The maximum atomic E-state index is 6.02. The summed E-state index contributed by atoms with van der Waals surface area (Å²) < 4.78 is 2.20. The van der Waals surface area contributed by atoms with Crippen LogP contribution in [0.5, 0.6) is 0 Å². The monoisotopic (exact) mass is 270 g/mol. The molecule has 1 unspecified atom stereocenters. The van der Waals surface area contributed by atoms with Crippen molar-refractivity contribution in [1.82, 2.24) is 4.57 Å². The predicted octanol–water partition coefficient (Wildman–Crippen LogP) is 3.52. The van der Waals surface area contributed by atoms with E-state index in [1.807, 2.05) is 11.3 Å². The Bertz CT molecular complexity index is 667. The molecule has 0 saturated carbocycles. The second-order valence-electron chi connectivity index (χ2n) is 4.93. The van der Waals surface area contributed by atoms with Gasteiger partial charge in [-0.15, -0.1) is 11.3 Å². The van der Waals surface area contributed by atoms with E-state index in [0.717, 1.165) is 6.42 Å². The summed E-state index contributed by atoms with van der Waals surface area (Å²) in [6.45, 7) is 0.686. The fourth-order valence-electron chi connectivity index (χ4n) is 2.69. The van der Waals surface area contributed by atoms with E-state index in [1.54, 1.807) is 0 Å². The highest BCUT2D eigenvalue weighted by Crippen LogP contribution is 2.30. The van der Waals surface area contributed by atoms with Crippen molar-refractivity contribution in [1.29, 1.82) is 0 Å². The fraction of sp³-hybridized carbons (Fsp3) is 0.250. The van der Waals surface area contributed by atoms with Crippen LogP contribution in [0.15, 0.2) is 48.0 Å². The van der Waals surface area contributed by atoms with Crippen LogP contribution in [-0.2, 0) is 13.5 Å². The molecular formula is C16H18N2S. The van der Waals surface area contributed by atoms with Gasteiger partial charge in [0, 0.05) is 34.9 Å². The highest BCUT2D eigenvalue weighted by atomic mass is 32.1. The largest absolute Gasteiger partial charge is 0.350 e. The van der Waals surface area contributed by atoms with Crippen LogP contribution in [-0.4, -0.2) is 11.1 Å². The number of hydrogen-bond donors (Lipinski definition) is 1. The van der Waals surface area contributed by atoms with E-state index < -0.39 is 0 Å². The number of hydrogen-bond acceptors (Lipinski definition) is 2. The van der Waals surface area contributed by atoms with Gasteiger partial charge < -0.3 is 10.3 Å². The van der Waals surface area contributed by atoms with Crippen molar-refractivity contribution in [2.75, 3.05) is 6.54 Å². The number of nitrogens with two attached hydrogens (primary N) is 1. The van der Waals surface area contributed by atoms with Crippen LogP contribution in [0.1, 0.15) is 16.4 Å². The number of rotatable bonds is 4. The van der Waals surface area contributed by atoms with Crippen LogP contribution < -0.4 is 5.73 Å². The summed E-state index contributed by atoms with van der Waals surface area (Å²) in [6, 6.07) is 12.8. The average Bonchev–Trinajstić information content (AvgIpc) is 3.05. The van der Waals surface area contributed by atoms with E-state index in [9.17, 15) is 0 Å². The Labute approximate surface area is 117 Å². The van der Waals surface area contributed by atoms with Gasteiger partial charge >= 0.3 is 0 Å². The molecule has 0 bridgehead atoms. The molecule has 0 fully saturated rings. The number of thiophene rings is 1. The third-order valence-corrected chi connectivity index (χ3v) is 4.58. The highest BCUT2D eigenvalue weighted by Gasteiger charge is 2.16. The van der Waals surface area contributed by atoms with Gasteiger partial charge in [-0.3, -0.25) is 0 Å². The summed E-state index contributed by atoms with van der Waals surface area (Å²) in [7, 11) is 2.10. The standard InChI is InChI=1S/C16H18N2S/c1-18-11-15(14-6-2-3-7-16(14)18)12(10-17)9-13-5-4-8-19-13/h2-8,11-12H,9-10,17H2,1H3. The van der Waals surface area contributed by atoms with Gasteiger partial charge in [0.1, 0.15) is 0 Å². The molecule has 0 amide bonds. The van der Waals surface area contributed by atoms with Crippen molar-refractivity contribution in [3.05, 3.63) is 58.4 Å². The lowest BCUT2D eigenvalue weighted by molar-refractivity contribution is 0.703. The first-order chi connectivity index (χ1) is 9.29. The third kappa shape index (κ3) is 2.31. The Balaban J connectivity index is 2.01. The molecule has 3 heteroatoms. The molecule has 2 aromatic heterocycles. The quantitative estimate of drug-likeness (QED) is 0.772. The van der Waals surface area contributed by atoms with E-state index in [4.69, 9.17) is 5.73 Å². The van der Waals surface area contributed by atoms with E-state index in [1.165, 1.54) is 21.3 Å². The lowest BCUT2D eigenvalue weighted by Gasteiger charge is -2.13. The SMILES string of the molecule is Cn1cc(C(CN)Cc2cccs2)c2ccccc21. The number of aromatic nitrogens is 1. The van der Waals surface area contributed by atoms with Crippen LogP contribution in [0.4, 0.5) is 0 Å². The van der Waals surface area contributed by atoms with Crippen LogP contribution in [0.2, 0.25) is 0 Å². The van der Waals surface area contributed by atoms with Gasteiger partial charge in [0.05, 0.1) is 0 Å². The minimum Gasteiger partial charge on any atom is -0.350 e. The van der Waals surface area contributed by atoms with E-state index >= 15 is 0 Å². The Morgan fingerprint density at radius 1 is 1.21 bits per heavy atom. The Morgan fingerprint density at radius 2 is 2.05 bits per heavy atom. The maximum Gasteiger partial charge on any atom is 0.0480 e. The minimum atomic E-state index is 0.393. The molecule has 0 saturated heterocycles. The van der Waals surface area contributed by atoms with Gasteiger partial charge in [0.25, 0.3) is 0 Å². The van der Waals surface area contributed by atoms with Crippen LogP contribution in [0.25, 0.3) is 10.9 Å². The fourth-order valence-corrected chi connectivity index (χ4v) is 3.48. The minimum absolute atomic E-state index is 0.393. The molecule has 19 heavy (non-hydrogen) atoms. The normalized spacial score (nSPS) is 12.9. The van der Waals surface area contributed by atoms with Crippen molar-refractivity contribution in [3.63, 3.8) is 0 Å². The smallest absolute Gasteiger partial charge is 0.0480 e. The van der Waals surface area contributed by atoms with Gasteiger partial charge in [-0.25, -0.2) is 0 Å². The molecule has 0 aliphatic heterocycles. The molecule has 1 aromatic carbocycles. The molecule has 98 valence electrons. The Morgan fingerprint density at radius 3 is 2.79 bits per heavy atom. The van der Waals surface area contributed by atoms with E-state index in [0.29, 0.717) is 12.5 Å². The summed E-state index contributed by atoms with van der Waals surface area (Å²) in [5.41, 5.74) is 8.67. The Hall–Kier alpha value is -1.58. The summed E-state index contributed by atoms with van der Waals surface area (Å²) in [5, 5.41) is 3.46. The lowest BCUT2D eigenvalue weighted by Crippen LogP contribution is -2.14. The van der Waals surface area contributed by atoms with Crippen molar-refractivity contribution >= 4 is 22.2 Å². The second-order valence-corrected chi connectivity index (χ2v) is 5.96. The molecule has 0 spiro atoms. The molecule has 2 heterocycles. The summed E-state index contributed by atoms with van der Waals surface area (Å²) in [4.78, 5) is 1.41. The Kier molecular flexibility index (Phi) is 3.40. The molecule has 2 N–H and O–H groups in total. The van der Waals surface area contributed by atoms with Gasteiger partial charge in [-0.1, -0.05) is 24.3 Å². The molecular weight excluding hydrogens is 252 g/mol. The van der Waals surface area contributed by atoms with Crippen molar-refractivity contribution in [2.45, 2.75) is 12.3 Å². The van der Waals surface area contributed by atoms with Gasteiger partial charge in [0.15, 0.2) is 0 Å². The number of fused-ring (bicyclic) bond motifs is 1. The summed E-state index contributed by atoms with van der Waals surface area (Å²) in [5.74, 6) is 0.393. The number of aryl methyl sites for hydroxylation is 1. The van der Waals surface area contributed by atoms with Crippen molar-refractivity contribution in [2.24, 2.45) is 12.8 Å². The first-order valence-electron chi connectivity index (χ1n) is 6.56. The molecule has 0 radical (unpaired) electrons. The number of nitrogens with zero attached hydrogens (tertiary/aromatic N) is 1. The van der Waals surface area contributed by atoms with Gasteiger partial charge in [-0.2, -0.15) is 0 Å². The molecule has 3 aromatic rings. The van der Waals surface area contributed by atoms with Crippen LogP contribution >= 0.6 is 11.3 Å². The highest BCUT2D eigenvalue weighted by molar-refractivity contribution is 7.09. The molecule has 3 rings (SSSR count). The average molecular weight is 270 g/mol. The van der Waals surface area contributed by atoms with Gasteiger partial charge in [0.2, 0.25) is 0 Å². The zero-order chi connectivity index (χ0) is 13.2. The molecule has 0 aliphatic carbocycles. The lowest BCUT2D eigenvalue weighted by atomic mass is 9.95. The first kappa shape index (κ1) is 12.5. The van der Waals surface area contributed by atoms with Crippen molar-refractivity contribution < 1.29 is 0 Å².